The van der Waals surface area contributed by atoms with Crippen LogP contribution in [-0.4, -0.2) is 19.7 Å². The number of pyridine rings is 1. The molecule has 5 heteroatoms. The lowest BCUT2D eigenvalue weighted by Crippen LogP contribution is -2.00. The maximum absolute atomic E-state index is 4.36. The maximum atomic E-state index is 4.36. The summed E-state index contributed by atoms with van der Waals surface area (Å²) in [5.74, 6) is 1.80. The Hall–Kier alpha value is -2.14. The van der Waals surface area contributed by atoms with Crippen LogP contribution in [0.3, 0.4) is 0 Å². The van der Waals surface area contributed by atoms with E-state index in [4.69, 9.17) is 0 Å². The molecular weight excluding hydrogens is 292 g/mol. The largest absolute Gasteiger partial charge is 0.302 e. The Morgan fingerprint density at radius 2 is 1.82 bits per heavy atom. The zero-order valence-electron chi connectivity index (χ0n) is 12.7. The first kappa shape index (κ1) is 14.8. The number of benzene rings is 1. The van der Waals surface area contributed by atoms with Crippen LogP contribution in [0.1, 0.15) is 18.1 Å². The van der Waals surface area contributed by atoms with Crippen molar-refractivity contribution < 1.29 is 0 Å². The molecule has 0 unspecified atom stereocenters. The van der Waals surface area contributed by atoms with Crippen LogP contribution in [0.5, 0.6) is 0 Å². The van der Waals surface area contributed by atoms with Crippen LogP contribution in [-0.2, 0) is 12.3 Å². The van der Waals surface area contributed by atoms with Gasteiger partial charge in [0, 0.05) is 30.3 Å². The quantitative estimate of drug-likeness (QED) is 0.669. The number of aromatic nitrogens is 4. The molecule has 0 spiro atoms. The molecule has 0 aliphatic heterocycles. The summed E-state index contributed by atoms with van der Waals surface area (Å²) in [7, 11) is 0. The smallest absolute Gasteiger partial charge is 0.191 e. The summed E-state index contributed by atoms with van der Waals surface area (Å²) >= 11 is 1.73. The molecule has 112 valence electrons. The summed E-state index contributed by atoms with van der Waals surface area (Å²) in [6, 6.07) is 12.4. The second-order valence-electron chi connectivity index (χ2n) is 5.00. The molecule has 0 bridgehead atoms. The molecule has 0 radical (unpaired) electrons. The van der Waals surface area contributed by atoms with Crippen molar-refractivity contribution in [3.63, 3.8) is 0 Å². The minimum absolute atomic E-state index is 0.848. The van der Waals surface area contributed by atoms with Gasteiger partial charge in [-0.2, -0.15) is 0 Å². The molecule has 0 aliphatic rings. The van der Waals surface area contributed by atoms with Gasteiger partial charge >= 0.3 is 0 Å². The first-order valence-corrected chi connectivity index (χ1v) is 8.29. The van der Waals surface area contributed by atoms with E-state index in [2.05, 4.69) is 57.9 Å². The monoisotopic (exact) mass is 310 g/mol. The highest BCUT2D eigenvalue weighted by Gasteiger charge is 2.13. The summed E-state index contributed by atoms with van der Waals surface area (Å²) in [6.45, 7) is 5.11. The van der Waals surface area contributed by atoms with Crippen LogP contribution >= 0.6 is 11.8 Å². The molecule has 0 saturated carbocycles. The number of aryl methyl sites for hydroxylation is 1. The third-order valence-corrected chi connectivity index (χ3v) is 4.61. The molecule has 3 aromatic rings. The highest BCUT2D eigenvalue weighted by molar-refractivity contribution is 7.98. The van der Waals surface area contributed by atoms with Crippen molar-refractivity contribution in [2.75, 3.05) is 0 Å². The van der Waals surface area contributed by atoms with E-state index < -0.39 is 0 Å². The highest BCUT2D eigenvalue weighted by Crippen LogP contribution is 2.26. The van der Waals surface area contributed by atoms with Gasteiger partial charge in [-0.15, -0.1) is 10.2 Å². The maximum Gasteiger partial charge on any atom is 0.191 e. The Kier molecular flexibility index (Phi) is 4.53. The number of hydrogen-bond donors (Lipinski definition) is 0. The lowest BCUT2D eigenvalue weighted by Gasteiger charge is -2.08. The van der Waals surface area contributed by atoms with Crippen LogP contribution in [0.2, 0.25) is 0 Å². The standard InChI is InChI=1S/C17H18N4S/c1-3-21-16(14-8-10-18-11-9-14)19-20-17(21)22-12-15-7-5-4-6-13(15)2/h4-11H,3,12H2,1-2H3. The van der Waals surface area contributed by atoms with Crippen LogP contribution in [0, 0.1) is 6.92 Å². The van der Waals surface area contributed by atoms with Crippen molar-refractivity contribution in [3.05, 3.63) is 59.9 Å². The molecule has 0 amide bonds. The van der Waals surface area contributed by atoms with E-state index in [-0.39, 0.29) is 0 Å². The van der Waals surface area contributed by atoms with Crippen LogP contribution in [0.4, 0.5) is 0 Å². The van der Waals surface area contributed by atoms with Crippen molar-refractivity contribution >= 4 is 11.8 Å². The molecule has 0 saturated heterocycles. The number of nitrogens with zero attached hydrogens (tertiary/aromatic N) is 4. The third-order valence-electron chi connectivity index (χ3n) is 3.59. The van der Waals surface area contributed by atoms with Gasteiger partial charge in [-0.1, -0.05) is 36.0 Å². The Labute approximate surface area is 134 Å². The van der Waals surface area contributed by atoms with E-state index in [1.54, 1.807) is 24.2 Å². The predicted molar refractivity (Wildman–Crippen MR) is 89.7 cm³/mol. The summed E-state index contributed by atoms with van der Waals surface area (Å²) in [5.41, 5.74) is 3.70. The summed E-state index contributed by atoms with van der Waals surface area (Å²) in [5, 5.41) is 9.68. The molecule has 0 aliphatic carbocycles. The molecule has 0 N–H and O–H groups in total. The number of rotatable bonds is 5. The van der Waals surface area contributed by atoms with Crippen molar-refractivity contribution in [1.29, 1.82) is 0 Å². The van der Waals surface area contributed by atoms with Crippen LogP contribution < -0.4 is 0 Å². The van der Waals surface area contributed by atoms with Crippen molar-refractivity contribution in [1.82, 2.24) is 19.7 Å². The first-order chi connectivity index (χ1) is 10.8. The Morgan fingerprint density at radius 3 is 2.55 bits per heavy atom. The van der Waals surface area contributed by atoms with Crippen molar-refractivity contribution in [2.45, 2.75) is 31.3 Å². The van der Waals surface area contributed by atoms with Gasteiger partial charge in [-0.3, -0.25) is 4.98 Å². The lowest BCUT2D eigenvalue weighted by atomic mass is 10.1. The summed E-state index contributed by atoms with van der Waals surface area (Å²) in [6.07, 6.45) is 3.56. The fourth-order valence-corrected chi connectivity index (χ4v) is 3.39. The van der Waals surface area contributed by atoms with Gasteiger partial charge in [0.25, 0.3) is 0 Å². The van der Waals surface area contributed by atoms with Gasteiger partial charge in [0.05, 0.1) is 0 Å². The molecule has 22 heavy (non-hydrogen) atoms. The van der Waals surface area contributed by atoms with Gasteiger partial charge in [0.15, 0.2) is 11.0 Å². The van der Waals surface area contributed by atoms with Crippen LogP contribution in [0.25, 0.3) is 11.4 Å². The lowest BCUT2D eigenvalue weighted by molar-refractivity contribution is 0.687. The highest BCUT2D eigenvalue weighted by atomic mass is 32.2. The van der Waals surface area contributed by atoms with Gasteiger partial charge in [0.1, 0.15) is 0 Å². The van der Waals surface area contributed by atoms with E-state index in [0.29, 0.717) is 0 Å². The van der Waals surface area contributed by atoms with Crippen molar-refractivity contribution in [3.8, 4) is 11.4 Å². The average molecular weight is 310 g/mol. The number of hydrogen-bond acceptors (Lipinski definition) is 4. The van der Waals surface area contributed by atoms with Gasteiger partial charge in [-0.05, 0) is 37.1 Å². The minimum Gasteiger partial charge on any atom is -0.302 e. The SMILES string of the molecule is CCn1c(SCc2ccccc2C)nnc1-c1ccncc1. The fraction of sp³-hybridized carbons (Fsp3) is 0.235. The molecule has 0 fully saturated rings. The third kappa shape index (κ3) is 3.04. The van der Waals surface area contributed by atoms with E-state index in [0.717, 1.165) is 28.8 Å². The molecule has 2 heterocycles. The van der Waals surface area contributed by atoms with Crippen LogP contribution in [0.15, 0.2) is 53.9 Å². The average Bonchev–Trinajstić information content (AvgIpc) is 2.98. The molecule has 1 aromatic carbocycles. The predicted octanol–water partition coefficient (Wildman–Crippen LogP) is 3.96. The van der Waals surface area contributed by atoms with Gasteiger partial charge in [-0.25, -0.2) is 0 Å². The molecule has 3 rings (SSSR count). The second-order valence-corrected chi connectivity index (χ2v) is 5.94. The summed E-state index contributed by atoms with van der Waals surface area (Å²) in [4.78, 5) is 4.06. The van der Waals surface area contributed by atoms with E-state index in [1.807, 2.05) is 12.1 Å². The van der Waals surface area contributed by atoms with Gasteiger partial charge in [0.2, 0.25) is 0 Å². The Morgan fingerprint density at radius 1 is 1.05 bits per heavy atom. The number of thioether (sulfide) groups is 1. The zero-order valence-corrected chi connectivity index (χ0v) is 13.5. The van der Waals surface area contributed by atoms with Gasteiger partial charge < -0.3 is 4.57 Å². The topological polar surface area (TPSA) is 43.6 Å². The molecule has 4 nitrogen and oxygen atoms in total. The Bertz CT molecular complexity index is 752. The second kappa shape index (κ2) is 6.75. The normalized spacial score (nSPS) is 10.8. The minimum atomic E-state index is 0.848. The fourth-order valence-electron chi connectivity index (χ4n) is 2.31. The van der Waals surface area contributed by atoms with E-state index >= 15 is 0 Å². The molecule has 2 aromatic heterocycles. The van der Waals surface area contributed by atoms with E-state index in [1.165, 1.54) is 11.1 Å². The first-order valence-electron chi connectivity index (χ1n) is 7.30. The van der Waals surface area contributed by atoms with Crippen molar-refractivity contribution in [2.24, 2.45) is 0 Å². The molecule has 0 atom stereocenters. The Balaban J connectivity index is 1.83. The van der Waals surface area contributed by atoms with E-state index in [9.17, 15) is 0 Å². The zero-order chi connectivity index (χ0) is 15.4. The summed E-state index contributed by atoms with van der Waals surface area (Å²) < 4.78 is 2.15. The molecular formula is C17H18N4S.